The second kappa shape index (κ2) is 10.4. The summed E-state index contributed by atoms with van der Waals surface area (Å²) in [5, 5.41) is 37.8. The molecule has 10 nitrogen and oxygen atoms in total. The number of nitrogens with zero attached hydrogens (tertiary/aromatic N) is 1. The van der Waals surface area contributed by atoms with Crippen molar-refractivity contribution in [2.24, 2.45) is 5.92 Å². The Bertz CT molecular complexity index is 1380. The fourth-order valence-electron chi connectivity index (χ4n) is 8.50. The van der Waals surface area contributed by atoms with E-state index in [9.17, 15) is 24.9 Å². The molecule has 0 radical (unpaired) electrons. The average Bonchev–Trinajstić information content (AvgIpc) is 3.30. The van der Waals surface area contributed by atoms with Crippen LogP contribution in [-0.2, 0) is 26.2 Å². The summed E-state index contributed by atoms with van der Waals surface area (Å²) in [6.45, 7) is 4.69. The highest BCUT2D eigenvalue weighted by atomic mass is 16.5. The van der Waals surface area contributed by atoms with E-state index in [1.807, 2.05) is 19.9 Å². The van der Waals surface area contributed by atoms with Crippen LogP contribution in [0.2, 0.25) is 0 Å². The molecule has 6 rings (SSSR count). The molecule has 5 N–H and O–H groups in total. The number of nitrogens with one attached hydrogen (secondary N) is 2. The van der Waals surface area contributed by atoms with Gasteiger partial charge in [0.2, 0.25) is 5.91 Å². The molecule has 1 saturated carbocycles. The summed E-state index contributed by atoms with van der Waals surface area (Å²) in [5.74, 6) is -0.657. The van der Waals surface area contributed by atoms with Crippen molar-refractivity contribution in [3.63, 3.8) is 0 Å². The Morgan fingerprint density at radius 1 is 1.14 bits per heavy atom. The van der Waals surface area contributed by atoms with Crippen LogP contribution in [0.15, 0.2) is 36.4 Å². The lowest BCUT2D eigenvalue weighted by Gasteiger charge is -2.65. The first-order chi connectivity index (χ1) is 20.0. The molecule has 2 aromatic rings. The van der Waals surface area contributed by atoms with Gasteiger partial charge in [-0.25, -0.2) is 0 Å². The number of ether oxygens (including phenoxy) is 2. The zero-order valence-electron chi connectivity index (χ0n) is 24.6. The summed E-state index contributed by atoms with van der Waals surface area (Å²) < 4.78 is 13.2. The first-order valence-electron chi connectivity index (χ1n) is 14.9. The molecule has 2 fully saturated rings. The van der Waals surface area contributed by atoms with Crippen molar-refractivity contribution in [2.75, 3.05) is 20.7 Å². The minimum Gasteiger partial charge on any atom is -0.508 e. The number of phenolic OH excluding ortho intramolecular Hbond substituents is 2. The Labute approximate surface area is 246 Å². The lowest BCUT2D eigenvalue weighted by Crippen LogP contribution is -2.78. The molecule has 1 saturated heterocycles. The number of amides is 1. The molecule has 2 heterocycles. The van der Waals surface area contributed by atoms with Gasteiger partial charge in [-0.05, 0) is 74.5 Å². The van der Waals surface area contributed by atoms with Gasteiger partial charge in [-0.3, -0.25) is 14.9 Å². The number of carbonyl (C=O) groups is 2. The van der Waals surface area contributed by atoms with Gasteiger partial charge in [-0.15, -0.1) is 0 Å². The zero-order chi connectivity index (χ0) is 30.0. The standard InChI is InChI=1S/C32H41N3O7/c1-17(2)15-24(38)34-26(18-5-8-20(36)9-6-18)27(30(39)40)33-21-11-12-32(41-4)23-16-19-7-10-22(37)28-25(19)31(32,29(21)42-28)13-14-35(23)3/h5-10,17,21,23,26-27,29,33,36-37H,11-16H2,1-4H3,(H,34,38)(H,39,40)/t21-,23?,26?,27+,29+,31?,32-/m1/s1. The van der Waals surface area contributed by atoms with Gasteiger partial charge in [-0.1, -0.05) is 32.0 Å². The number of likely N-dealkylation sites (tertiary alicyclic amines) is 1. The van der Waals surface area contributed by atoms with E-state index in [1.54, 1.807) is 25.3 Å². The van der Waals surface area contributed by atoms with Gasteiger partial charge >= 0.3 is 5.97 Å². The minimum absolute atomic E-state index is 0.0509. The second-order valence-corrected chi connectivity index (χ2v) is 12.9. The third-order valence-electron chi connectivity index (χ3n) is 10.2. The molecule has 2 bridgehead atoms. The average molecular weight is 580 g/mol. The second-order valence-electron chi connectivity index (χ2n) is 12.9. The molecule has 42 heavy (non-hydrogen) atoms. The van der Waals surface area contributed by atoms with Gasteiger partial charge in [-0.2, -0.15) is 0 Å². The molecular weight excluding hydrogens is 538 g/mol. The van der Waals surface area contributed by atoms with Crippen LogP contribution in [0.3, 0.4) is 0 Å². The zero-order valence-corrected chi connectivity index (χ0v) is 24.6. The first kappa shape index (κ1) is 28.8. The largest absolute Gasteiger partial charge is 0.508 e. The molecule has 3 unspecified atom stereocenters. The Kier molecular flexibility index (Phi) is 7.14. The highest BCUT2D eigenvalue weighted by Gasteiger charge is 2.73. The lowest BCUT2D eigenvalue weighted by atomic mass is 9.48. The predicted octanol–water partition coefficient (Wildman–Crippen LogP) is 2.85. The minimum atomic E-state index is -1.19. The van der Waals surface area contributed by atoms with Gasteiger partial charge in [0.05, 0.1) is 17.1 Å². The third kappa shape index (κ3) is 4.18. The number of piperidine rings is 1. The number of carbonyl (C=O) groups excluding carboxylic acids is 1. The normalized spacial score (nSPS) is 30.7. The lowest BCUT2D eigenvalue weighted by molar-refractivity contribution is -0.204. The van der Waals surface area contributed by atoms with E-state index in [2.05, 4.69) is 22.6 Å². The Balaban J connectivity index is 1.40. The fraction of sp³-hybridized carbons (Fsp3) is 0.562. The molecule has 0 aromatic heterocycles. The van der Waals surface area contributed by atoms with Gasteiger partial charge < -0.3 is 35.0 Å². The number of carboxylic acids is 1. The molecule has 226 valence electrons. The number of rotatable bonds is 9. The van der Waals surface area contributed by atoms with E-state index in [-0.39, 0.29) is 35.8 Å². The molecule has 7 atom stereocenters. The van der Waals surface area contributed by atoms with Crippen molar-refractivity contribution in [1.29, 1.82) is 0 Å². The summed E-state index contributed by atoms with van der Waals surface area (Å²) in [7, 11) is 3.89. The molecule has 2 aliphatic carbocycles. The van der Waals surface area contributed by atoms with Crippen LogP contribution in [0, 0.1) is 5.92 Å². The number of hydrogen-bond donors (Lipinski definition) is 5. The number of methoxy groups -OCH3 is 1. The van der Waals surface area contributed by atoms with Gasteiger partial charge in [0.15, 0.2) is 11.5 Å². The molecule has 1 spiro atoms. The van der Waals surface area contributed by atoms with Crippen LogP contribution < -0.4 is 15.4 Å². The van der Waals surface area contributed by atoms with Crippen molar-refractivity contribution in [3.05, 3.63) is 53.1 Å². The Morgan fingerprint density at radius 3 is 2.55 bits per heavy atom. The number of benzene rings is 2. The van der Waals surface area contributed by atoms with Crippen LogP contribution in [-0.4, -0.2) is 82.6 Å². The molecule has 2 aromatic carbocycles. The van der Waals surface area contributed by atoms with E-state index < -0.39 is 41.2 Å². The van der Waals surface area contributed by atoms with E-state index in [0.717, 1.165) is 30.5 Å². The fourth-order valence-corrected chi connectivity index (χ4v) is 8.50. The number of aromatic hydroxyl groups is 2. The third-order valence-corrected chi connectivity index (χ3v) is 10.2. The number of likely N-dealkylation sites (N-methyl/N-ethyl adjacent to an activating group) is 1. The smallest absolute Gasteiger partial charge is 0.323 e. The monoisotopic (exact) mass is 579 g/mol. The summed E-state index contributed by atoms with van der Waals surface area (Å²) in [6, 6.07) is 7.54. The summed E-state index contributed by atoms with van der Waals surface area (Å²) in [5.41, 5.74) is 1.56. The van der Waals surface area contributed by atoms with Crippen LogP contribution in [0.5, 0.6) is 17.2 Å². The van der Waals surface area contributed by atoms with Crippen LogP contribution >= 0.6 is 0 Å². The number of phenols is 2. The number of carboxylic acid groups (broad SMARTS) is 1. The first-order valence-corrected chi connectivity index (χ1v) is 14.9. The van der Waals surface area contributed by atoms with Crippen LogP contribution in [0.1, 0.15) is 62.3 Å². The Hall–Kier alpha value is -3.34. The van der Waals surface area contributed by atoms with Crippen molar-refractivity contribution in [2.45, 2.75) is 87.2 Å². The maximum Gasteiger partial charge on any atom is 0.323 e. The number of hydrogen-bond acceptors (Lipinski definition) is 8. The van der Waals surface area contributed by atoms with Crippen LogP contribution in [0.4, 0.5) is 0 Å². The van der Waals surface area contributed by atoms with Gasteiger partial charge in [0, 0.05) is 31.2 Å². The summed E-state index contributed by atoms with van der Waals surface area (Å²) in [6.07, 6.45) is 2.55. The maximum absolute atomic E-state index is 13.0. The predicted molar refractivity (Wildman–Crippen MR) is 155 cm³/mol. The SMILES string of the molecule is CO[C@@]12CC[C@@H](N[C@H](C(=O)O)C(NC(=O)CC(C)C)c3ccc(O)cc3)[C@@H]3Oc4c(O)ccc5c4C31CCN(C)C2C5. The van der Waals surface area contributed by atoms with E-state index in [1.165, 1.54) is 12.1 Å². The molecule has 2 aliphatic heterocycles. The van der Waals surface area contributed by atoms with Crippen molar-refractivity contribution >= 4 is 11.9 Å². The summed E-state index contributed by atoms with van der Waals surface area (Å²) >= 11 is 0. The summed E-state index contributed by atoms with van der Waals surface area (Å²) in [4.78, 5) is 28.3. The molecule has 1 amide bonds. The van der Waals surface area contributed by atoms with E-state index in [0.29, 0.717) is 24.2 Å². The quantitative estimate of drug-likeness (QED) is 0.303. The molecular formula is C32H41N3O7. The van der Waals surface area contributed by atoms with Gasteiger partial charge in [0.25, 0.3) is 0 Å². The molecule has 10 heteroatoms. The van der Waals surface area contributed by atoms with Crippen molar-refractivity contribution in [1.82, 2.24) is 15.5 Å². The van der Waals surface area contributed by atoms with Crippen molar-refractivity contribution < 1.29 is 34.4 Å². The van der Waals surface area contributed by atoms with Crippen LogP contribution in [0.25, 0.3) is 0 Å². The van der Waals surface area contributed by atoms with E-state index in [4.69, 9.17) is 9.47 Å². The Morgan fingerprint density at radius 2 is 1.88 bits per heavy atom. The highest BCUT2D eigenvalue weighted by Crippen LogP contribution is 2.66. The highest BCUT2D eigenvalue weighted by molar-refractivity contribution is 5.80. The number of aliphatic carboxylic acids is 1. The molecule has 4 aliphatic rings. The topological polar surface area (TPSA) is 141 Å². The van der Waals surface area contributed by atoms with E-state index >= 15 is 0 Å². The van der Waals surface area contributed by atoms with Gasteiger partial charge in [0.1, 0.15) is 17.9 Å². The van der Waals surface area contributed by atoms with Crippen molar-refractivity contribution in [3.8, 4) is 17.2 Å². The maximum atomic E-state index is 13.0.